The summed E-state index contributed by atoms with van der Waals surface area (Å²) < 4.78 is 5.28. The smallest absolute Gasteiger partial charge is 0.255 e. The van der Waals surface area contributed by atoms with Gasteiger partial charge in [0.1, 0.15) is 11.8 Å². The molecule has 0 spiro atoms. The molecule has 1 aromatic carbocycles. The lowest BCUT2D eigenvalue weighted by molar-refractivity contribution is -0.124. The molecule has 0 saturated carbocycles. The average Bonchev–Trinajstić information content (AvgIpc) is 3.46. The lowest BCUT2D eigenvalue weighted by atomic mass is 10.0. The molecule has 0 aliphatic carbocycles. The number of nitrogens with one attached hydrogen (secondary N) is 2. The summed E-state index contributed by atoms with van der Waals surface area (Å²) in [6, 6.07) is 10.8. The molecule has 2 unspecified atom stereocenters. The second-order valence-electron chi connectivity index (χ2n) is 7.91. The second kappa shape index (κ2) is 10.6. The summed E-state index contributed by atoms with van der Waals surface area (Å²) in [5, 5.41) is 8.06. The molecule has 1 aromatic heterocycles. The first-order chi connectivity index (χ1) is 14.5. The maximum Gasteiger partial charge on any atom is 0.255 e. The number of carbonyl (C=O) groups excluding carboxylic acids is 2. The normalized spacial score (nSPS) is 16.3. The SMILES string of the molecule is COc1ccccc1C(=O)NC(C(=O)NCC(c1cccs1)N1CCCC1)C(C)C. The van der Waals surface area contributed by atoms with Crippen LogP contribution >= 0.6 is 11.3 Å². The minimum Gasteiger partial charge on any atom is -0.496 e. The first-order valence-corrected chi connectivity index (χ1v) is 11.4. The van der Waals surface area contributed by atoms with Crippen LogP contribution in [0, 0.1) is 5.92 Å². The highest BCUT2D eigenvalue weighted by Crippen LogP contribution is 2.28. The van der Waals surface area contributed by atoms with Crippen molar-refractivity contribution >= 4 is 23.2 Å². The number of likely N-dealkylation sites (tertiary alicyclic amines) is 1. The van der Waals surface area contributed by atoms with Crippen molar-refractivity contribution < 1.29 is 14.3 Å². The molecule has 1 aliphatic rings. The van der Waals surface area contributed by atoms with E-state index in [1.165, 1.54) is 24.8 Å². The van der Waals surface area contributed by atoms with Gasteiger partial charge in [-0.1, -0.05) is 32.0 Å². The van der Waals surface area contributed by atoms with Crippen LogP contribution in [0.3, 0.4) is 0 Å². The van der Waals surface area contributed by atoms with Gasteiger partial charge in [-0.3, -0.25) is 14.5 Å². The van der Waals surface area contributed by atoms with E-state index in [9.17, 15) is 9.59 Å². The lowest BCUT2D eigenvalue weighted by Crippen LogP contribution is -2.51. The first-order valence-electron chi connectivity index (χ1n) is 10.5. The zero-order valence-corrected chi connectivity index (χ0v) is 18.7. The average molecular weight is 430 g/mol. The fourth-order valence-corrected chi connectivity index (χ4v) is 4.70. The molecule has 30 heavy (non-hydrogen) atoms. The van der Waals surface area contributed by atoms with Crippen molar-refractivity contribution in [1.82, 2.24) is 15.5 Å². The van der Waals surface area contributed by atoms with Gasteiger partial charge in [-0.25, -0.2) is 0 Å². The van der Waals surface area contributed by atoms with Gasteiger partial charge in [-0.2, -0.15) is 0 Å². The van der Waals surface area contributed by atoms with Crippen LogP contribution in [0.25, 0.3) is 0 Å². The molecule has 2 N–H and O–H groups in total. The van der Waals surface area contributed by atoms with Crippen molar-refractivity contribution in [2.24, 2.45) is 5.92 Å². The minimum atomic E-state index is -0.620. The molecule has 162 valence electrons. The summed E-state index contributed by atoms with van der Waals surface area (Å²) in [6.45, 7) is 6.51. The summed E-state index contributed by atoms with van der Waals surface area (Å²) in [7, 11) is 1.53. The van der Waals surface area contributed by atoms with Crippen LogP contribution in [0.5, 0.6) is 5.75 Å². The van der Waals surface area contributed by atoms with Crippen LogP contribution in [0.2, 0.25) is 0 Å². The molecule has 1 fully saturated rings. The Morgan fingerprint density at radius 2 is 1.87 bits per heavy atom. The fraction of sp³-hybridized carbons (Fsp3) is 0.478. The number of amides is 2. The largest absolute Gasteiger partial charge is 0.496 e. The standard InChI is InChI=1S/C23H31N3O3S/c1-16(2)21(25-22(27)17-9-4-5-10-19(17)29-3)23(28)24-15-18(20-11-8-14-30-20)26-12-6-7-13-26/h4-5,8-11,14,16,18,21H,6-7,12-13,15H2,1-3H3,(H,24,28)(H,25,27). The third-order valence-electron chi connectivity index (χ3n) is 5.51. The maximum absolute atomic E-state index is 13.0. The van der Waals surface area contributed by atoms with Crippen molar-refractivity contribution in [3.05, 3.63) is 52.2 Å². The molecular formula is C23H31N3O3S. The van der Waals surface area contributed by atoms with Gasteiger partial charge < -0.3 is 15.4 Å². The number of hydrogen-bond donors (Lipinski definition) is 2. The van der Waals surface area contributed by atoms with Crippen molar-refractivity contribution in [3.63, 3.8) is 0 Å². The number of benzene rings is 1. The first kappa shape index (κ1) is 22.3. The van der Waals surface area contributed by atoms with Crippen LogP contribution in [0.4, 0.5) is 0 Å². The van der Waals surface area contributed by atoms with E-state index in [0.29, 0.717) is 17.9 Å². The monoisotopic (exact) mass is 429 g/mol. The highest BCUT2D eigenvalue weighted by Gasteiger charge is 2.29. The highest BCUT2D eigenvalue weighted by atomic mass is 32.1. The summed E-state index contributed by atoms with van der Waals surface area (Å²) in [6.07, 6.45) is 2.39. The van der Waals surface area contributed by atoms with Gasteiger partial charge in [0.05, 0.1) is 18.7 Å². The van der Waals surface area contributed by atoms with Gasteiger partial charge in [-0.05, 0) is 55.4 Å². The summed E-state index contributed by atoms with van der Waals surface area (Å²) in [4.78, 5) is 29.5. The van der Waals surface area contributed by atoms with E-state index < -0.39 is 6.04 Å². The van der Waals surface area contributed by atoms with Gasteiger partial charge in [0, 0.05) is 11.4 Å². The number of carbonyl (C=O) groups is 2. The van der Waals surface area contributed by atoms with E-state index in [0.717, 1.165) is 13.1 Å². The summed E-state index contributed by atoms with van der Waals surface area (Å²) in [5.41, 5.74) is 0.423. The van der Waals surface area contributed by atoms with Crippen LogP contribution < -0.4 is 15.4 Å². The summed E-state index contributed by atoms with van der Waals surface area (Å²) >= 11 is 1.72. The molecule has 2 amide bonds. The topological polar surface area (TPSA) is 70.7 Å². The minimum absolute atomic E-state index is 0.0457. The van der Waals surface area contributed by atoms with Gasteiger partial charge in [0.15, 0.2) is 0 Å². The lowest BCUT2D eigenvalue weighted by Gasteiger charge is -2.28. The highest BCUT2D eigenvalue weighted by molar-refractivity contribution is 7.10. The number of para-hydroxylation sites is 1. The second-order valence-corrected chi connectivity index (χ2v) is 8.89. The van der Waals surface area contributed by atoms with Crippen molar-refractivity contribution in [2.45, 2.75) is 38.8 Å². The van der Waals surface area contributed by atoms with Gasteiger partial charge >= 0.3 is 0 Å². The number of thiophene rings is 1. The van der Waals surface area contributed by atoms with Crippen molar-refractivity contribution in [2.75, 3.05) is 26.7 Å². The molecule has 2 atom stereocenters. The van der Waals surface area contributed by atoms with E-state index in [-0.39, 0.29) is 23.8 Å². The number of methoxy groups -OCH3 is 1. The van der Waals surface area contributed by atoms with E-state index in [1.54, 1.807) is 29.5 Å². The van der Waals surface area contributed by atoms with Crippen LogP contribution in [0.15, 0.2) is 41.8 Å². The van der Waals surface area contributed by atoms with E-state index in [1.807, 2.05) is 19.9 Å². The molecule has 3 rings (SSSR count). The maximum atomic E-state index is 13.0. The molecule has 2 heterocycles. The molecule has 1 aliphatic heterocycles. The van der Waals surface area contributed by atoms with Crippen molar-refractivity contribution in [3.8, 4) is 5.75 Å². The Balaban J connectivity index is 1.66. The summed E-state index contributed by atoms with van der Waals surface area (Å²) in [5.74, 6) is -0.0232. The predicted octanol–water partition coefficient (Wildman–Crippen LogP) is 3.46. The number of ether oxygens (including phenoxy) is 1. The van der Waals surface area contributed by atoms with Crippen LogP contribution in [0.1, 0.15) is 48.0 Å². The molecule has 7 heteroatoms. The Labute approximate surface area is 182 Å². The molecule has 2 aromatic rings. The molecule has 6 nitrogen and oxygen atoms in total. The van der Waals surface area contributed by atoms with Gasteiger partial charge in [0.2, 0.25) is 5.91 Å². The Morgan fingerprint density at radius 3 is 2.50 bits per heavy atom. The molecule has 0 radical (unpaired) electrons. The molecule has 0 bridgehead atoms. The van der Waals surface area contributed by atoms with E-state index in [4.69, 9.17) is 4.74 Å². The predicted molar refractivity (Wildman–Crippen MR) is 120 cm³/mol. The zero-order valence-electron chi connectivity index (χ0n) is 17.9. The number of rotatable bonds is 9. The molecular weight excluding hydrogens is 398 g/mol. The number of nitrogens with zero attached hydrogens (tertiary/aromatic N) is 1. The molecule has 1 saturated heterocycles. The Bertz CT molecular complexity index is 832. The van der Waals surface area contributed by atoms with Gasteiger partial charge in [-0.15, -0.1) is 11.3 Å². The van der Waals surface area contributed by atoms with Crippen LogP contribution in [-0.2, 0) is 4.79 Å². The Kier molecular flexibility index (Phi) is 7.87. The Morgan fingerprint density at radius 1 is 1.13 bits per heavy atom. The van der Waals surface area contributed by atoms with E-state index in [2.05, 4.69) is 33.0 Å². The van der Waals surface area contributed by atoms with Gasteiger partial charge in [0.25, 0.3) is 5.91 Å². The van der Waals surface area contributed by atoms with E-state index >= 15 is 0 Å². The zero-order chi connectivity index (χ0) is 21.5. The third-order valence-corrected chi connectivity index (χ3v) is 6.48. The number of hydrogen-bond acceptors (Lipinski definition) is 5. The third kappa shape index (κ3) is 5.40. The van der Waals surface area contributed by atoms with Crippen LogP contribution in [-0.4, -0.2) is 49.5 Å². The quantitative estimate of drug-likeness (QED) is 0.640. The Hall–Kier alpha value is -2.38. The fourth-order valence-electron chi connectivity index (χ4n) is 3.84. The van der Waals surface area contributed by atoms with Crippen molar-refractivity contribution in [1.29, 1.82) is 0 Å².